The monoisotopic (exact) mass is 402 g/mol. The van der Waals surface area contributed by atoms with Crippen molar-refractivity contribution >= 4 is 22.8 Å². The summed E-state index contributed by atoms with van der Waals surface area (Å²) in [6.45, 7) is 1.73. The summed E-state index contributed by atoms with van der Waals surface area (Å²) in [5.41, 5.74) is -0.110. The molecule has 0 aliphatic rings. The van der Waals surface area contributed by atoms with Crippen molar-refractivity contribution in [3.8, 4) is 22.6 Å². The normalized spacial score (nSPS) is 11.9. The van der Waals surface area contributed by atoms with Crippen molar-refractivity contribution in [3.05, 3.63) is 59.4 Å². The van der Waals surface area contributed by atoms with Gasteiger partial charge in [-0.3, -0.25) is 9.78 Å². The van der Waals surface area contributed by atoms with E-state index < -0.39 is 29.1 Å². The lowest BCUT2D eigenvalue weighted by Crippen LogP contribution is -2.14. The molecular formula is C20H13F3N2O4. The van der Waals surface area contributed by atoms with Gasteiger partial charge < -0.3 is 19.9 Å². The van der Waals surface area contributed by atoms with Gasteiger partial charge in [0, 0.05) is 23.1 Å². The number of aromatic nitrogens is 1. The Balaban J connectivity index is 1.80. The average Bonchev–Trinajstić information content (AvgIpc) is 3.18. The lowest BCUT2D eigenvalue weighted by molar-refractivity contribution is -0.137. The zero-order valence-electron chi connectivity index (χ0n) is 14.8. The van der Waals surface area contributed by atoms with E-state index in [1.54, 1.807) is 19.1 Å². The van der Waals surface area contributed by atoms with Crippen molar-refractivity contribution in [2.24, 2.45) is 0 Å². The van der Waals surface area contributed by atoms with Crippen molar-refractivity contribution < 1.29 is 32.6 Å². The number of aromatic hydroxyl groups is 2. The number of carbonyl (C=O) groups is 1. The lowest BCUT2D eigenvalue weighted by atomic mass is 9.98. The summed E-state index contributed by atoms with van der Waals surface area (Å²) in [6.07, 6.45) is -3.06. The molecule has 3 N–H and O–H groups in total. The standard InChI is InChI=1S/C20H13F3N2O4/c1-9-7-10(5-6-24-9)13-14(18-16(27)15(26)17(13)29-18)19(28)25-12-4-2-3-11(8-12)20(21,22)23/h2-8,26-27H,1H3,(H,25,28). The number of aryl methyl sites for hydroxylation is 1. The number of benzene rings is 2. The number of anilines is 1. The number of alkyl halides is 3. The van der Waals surface area contributed by atoms with Crippen LogP contribution >= 0.6 is 0 Å². The van der Waals surface area contributed by atoms with Gasteiger partial charge >= 0.3 is 6.18 Å². The van der Waals surface area contributed by atoms with Crippen LogP contribution in [0.15, 0.2) is 47.0 Å². The molecule has 0 aliphatic heterocycles. The molecule has 0 spiro atoms. The van der Waals surface area contributed by atoms with Crippen molar-refractivity contribution in [2.75, 3.05) is 5.32 Å². The summed E-state index contributed by atoms with van der Waals surface area (Å²) >= 11 is 0. The first-order chi connectivity index (χ1) is 13.7. The maximum Gasteiger partial charge on any atom is 0.416 e. The fourth-order valence-corrected chi connectivity index (χ4v) is 3.14. The molecule has 2 bridgehead atoms. The Kier molecular flexibility index (Phi) is 4.11. The molecule has 0 aliphatic carbocycles. The molecule has 3 aromatic heterocycles. The first-order valence-corrected chi connectivity index (χ1v) is 8.38. The molecule has 0 unspecified atom stereocenters. The van der Waals surface area contributed by atoms with Crippen molar-refractivity contribution in [1.29, 1.82) is 0 Å². The predicted octanol–water partition coefficient (Wildman–Crippen LogP) is 4.92. The van der Waals surface area contributed by atoms with Crippen LogP contribution in [0.2, 0.25) is 0 Å². The average molecular weight is 402 g/mol. The highest BCUT2D eigenvalue weighted by atomic mass is 19.4. The van der Waals surface area contributed by atoms with Crippen LogP contribution in [0.1, 0.15) is 21.6 Å². The van der Waals surface area contributed by atoms with Gasteiger partial charge in [-0.2, -0.15) is 13.2 Å². The first kappa shape index (κ1) is 18.6. The summed E-state index contributed by atoms with van der Waals surface area (Å²) in [6, 6.07) is 7.40. The second-order valence-corrected chi connectivity index (χ2v) is 6.43. The number of nitrogens with zero attached hydrogens (tertiary/aromatic N) is 1. The molecule has 29 heavy (non-hydrogen) atoms. The second kappa shape index (κ2) is 6.40. The Labute approximate surface area is 161 Å². The molecule has 0 atom stereocenters. The number of phenolic OH excluding ortho intramolecular Hbond substituents is 2. The van der Waals surface area contributed by atoms with Crippen LogP contribution < -0.4 is 5.32 Å². The molecule has 0 saturated heterocycles. The fraction of sp³-hybridized carbons (Fsp3) is 0.100. The zero-order chi connectivity index (χ0) is 20.9. The maximum absolute atomic E-state index is 12.9. The quantitative estimate of drug-likeness (QED) is 0.423. The molecule has 0 saturated carbocycles. The molecule has 9 heteroatoms. The Bertz CT molecular complexity index is 1230. The molecule has 6 nitrogen and oxygen atoms in total. The third kappa shape index (κ3) is 3.10. The molecule has 0 fully saturated rings. The molecule has 148 valence electrons. The van der Waals surface area contributed by atoms with Gasteiger partial charge in [0.2, 0.25) is 11.5 Å². The SMILES string of the molecule is Cc1cc(-c2c(C(=O)Nc3cccc(C(F)(F)F)c3)c3oc2c(O)c3O)ccn1. The molecule has 4 rings (SSSR count). The number of fused-ring (bicyclic) bond motifs is 2. The Hall–Kier alpha value is -3.75. The number of halogens is 3. The lowest BCUT2D eigenvalue weighted by Gasteiger charge is -2.11. The van der Waals surface area contributed by atoms with Crippen LogP contribution in [0.25, 0.3) is 22.3 Å². The molecule has 3 heterocycles. The highest BCUT2D eigenvalue weighted by molar-refractivity contribution is 6.19. The summed E-state index contributed by atoms with van der Waals surface area (Å²) in [7, 11) is 0. The zero-order valence-corrected chi connectivity index (χ0v) is 14.8. The van der Waals surface area contributed by atoms with Crippen molar-refractivity contribution in [3.63, 3.8) is 0 Å². The minimum Gasteiger partial charge on any atom is -0.502 e. The number of amides is 1. The van der Waals surface area contributed by atoms with E-state index in [1.165, 1.54) is 18.3 Å². The fourth-order valence-electron chi connectivity index (χ4n) is 3.14. The smallest absolute Gasteiger partial charge is 0.416 e. The predicted molar refractivity (Wildman–Crippen MR) is 98.1 cm³/mol. The summed E-state index contributed by atoms with van der Waals surface area (Å²) in [5, 5.41) is 22.4. The number of furan rings is 2. The van der Waals surface area contributed by atoms with E-state index in [0.29, 0.717) is 11.3 Å². The highest BCUT2D eigenvalue weighted by Gasteiger charge is 2.33. The van der Waals surface area contributed by atoms with Gasteiger partial charge in [-0.05, 0) is 42.8 Å². The van der Waals surface area contributed by atoms with E-state index in [9.17, 15) is 28.2 Å². The van der Waals surface area contributed by atoms with Crippen LogP contribution in [-0.4, -0.2) is 21.1 Å². The summed E-state index contributed by atoms with van der Waals surface area (Å²) in [5.74, 6) is -1.92. The van der Waals surface area contributed by atoms with Gasteiger partial charge in [0.1, 0.15) is 0 Å². The minimum absolute atomic E-state index is 0.0800. The number of carbonyl (C=O) groups excluding carboxylic acids is 1. The van der Waals surface area contributed by atoms with E-state index in [0.717, 1.165) is 12.1 Å². The largest absolute Gasteiger partial charge is 0.502 e. The Morgan fingerprint density at radius 3 is 2.52 bits per heavy atom. The van der Waals surface area contributed by atoms with E-state index >= 15 is 0 Å². The molecule has 1 amide bonds. The Morgan fingerprint density at radius 1 is 1.10 bits per heavy atom. The van der Waals surface area contributed by atoms with Gasteiger partial charge in [0.25, 0.3) is 5.91 Å². The summed E-state index contributed by atoms with van der Waals surface area (Å²) < 4.78 is 44.1. The van der Waals surface area contributed by atoms with Gasteiger partial charge in [0.05, 0.1) is 11.1 Å². The van der Waals surface area contributed by atoms with E-state index in [4.69, 9.17) is 4.42 Å². The van der Waals surface area contributed by atoms with Crippen LogP contribution in [0.5, 0.6) is 11.5 Å². The molecular weight excluding hydrogens is 389 g/mol. The first-order valence-electron chi connectivity index (χ1n) is 8.38. The van der Waals surface area contributed by atoms with Gasteiger partial charge in [-0.1, -0.05) is 6.07 Å². The summed E-state index contributed by atoms with van der Waals surface area (Å²) in [4.78, 5) is 17.0. The van der Waals surface area contributed by atoms with E-state index in [1.807, 2.05) is 0 Å². The molecule has 1 aromatic carbocycles. The minimum atomic E-state index is -4.56. The Morgan fingerprint density at radius 2 is 1.83 bits per heavy atom. The van der Waals surface area contributed by atoms with Gasteiger partial charge in [-0.25, -0.2) is 0 Å². The third-order valence-electron chi connectivity index (χ3n) is 4.42. The molecule has 0 radical (unpaired) electrons. The highest BCUT2D eigenvalue weighted by Crippen LogP contribution is 2.50. The second-order valence-electron chi connectivity index (χ2n) is 6.43. The van der Waals surface area contributed by atoms with E-state index in [2.05, 4.69) is 10.3 Å². The van der Waals surface area contributed by atoms with Crippen molar-refractivity contribution in [2.45, 2.75) is 13.1 Å². The number of hydrogen-bond acceptors (Lipinski definition) is 5. The van der Waals surface area contributed by atoms with Crippen LogP contribution in [0.4, 0.5) is 18.9 Å². The third-order valence-corrected chi connectivity index (χ3v) is 4.42. The number of rotatable bonds is 3. The molecule has 4 aromatic rings. The van der Waals surface area contributed by atoms with Crippen LogP contribution in [0, 0.1) is 6.92 Å². The maximum atomic E-state index is 12.9. The van der Waals surface area contributed by atoms with Crippen LogP contribution in [-0.2, 0) is 6.18 Å². The topological polar surface area (TPSA) is 95.6 Å². The van der Waals surface area contributed by atoms with Gasteiger partial charge in [-0.15, -0.1) is 0 Å². The van der Waals surface area contributed by atoms with E-state index in [-0.39, 0.29) is 28.0 Å². The van der Waals surface area contributed by atoms with Crippen LogP contribution in [0.3, 0.4) is 0 Å². The van der Waals surface area contributed by atoms with Gasteiger partial charge in [0.15, 0.2) is 11.2 Å². The number of hydrogen-bond donors (Lipinski definition) is 3. The van der Waals surface area contributed by atoms with Crippen molar-refractivity contribution in [1.82, 2.24) is 4.98 Å². The number of nitrogens with one attached hydrogen (secondary N) is 1. The number of phenols is 2. The number of pyridine rings is 1.